The van der Waals surface area contributed by atoms with Crippen LogP contribution in [0.1, 0.15) is 17.6 Å². The highest BCUT2D eigenvalue weighted by molar-refractivity contribution is 9.08. The number of anilines is 1. The highest BCUT2D eigenvalue weighted by Gasteiger charge is 2.17. The van der Waals surface area contributed by atoms with Gasteiger partial charge in [0.05, 0.1) is 0 Å². The quantitative estimate of drug-likeness (QED) is 0.651. The smallest absolute Gasteiger partial charge is 0.264 e. The van der Waals surface area contributed by atoms with Crippen LogP contribution in [0.25, 0.3) is 0 Å². The third-order valence-electron chi connectivity index (χ3n) is 1.53. The van der Waals surface area contributed by atoms with Crippen molar-refractivity contribution in [3.63, 3.8) is 0 Å². The van der Waals surface area contributed by atoms with Gasteiger partial charge in [-0.15, -0.1) is 0 Å². The fraction of sp³-hybridized carbons (Fsp3) is 0.286. The van der Waals surface area contributed by atoms with E-state index in [1.807, 2.05) is 0 Å². The molecular weight excluding hydrogens is 249 g/mol. The largest absolute Gasteiger partial charge is 0.383 e. The van der Waals surface area contributed by atoms with E-state index >= 15 is 0 Å². The molecule has 0 atom stereocenters. The maximum Gasteiger partial charge on any atom is 0.264 e. The topological polar surface area (TPSA) is 38.9 Å². The molecule has 0 spiro atoms. The van der Waals surface area contributed by atoms with E-state index in [1.54, 1.807) is 0 Å². The van der Waals surface area contributed by atoms with Gasteiger partial charge in [-0.05, 0) is 0 Å². The number of halogens is 4. The normalized spacial score (nSPS) is 10.8. The molecule has 0 aliphatic rings. The first kappa shape index (κ1) is 10.3. The van der Waals surface area contributed by atoms with Gasteiger partial charge in [0.1, 0.15) is 5.82 Å². The standard InChI is InChI=1S/C7H6BrF3N2/c8-2-4-3(6(10)11)1-5(9)13-7(4)12/h1,6H,2H2,(H2,12,13). The number of alkyl halides is 3. The van der Waals surface area contributed by atoms with Crippen molar-refractivity contribution in [2.75, 3.05) is 5.73 Å². The molecule has 1 aromatic rings. The van der Waals surface area contributed by atoms with Gasteiger partial charge in [0.25, 0.3) is 6.43 Å². The van der Waals surface area contributed by atoms with E-state index < -0.39 is 17.9 Å². The second kappa shape index (κ2) is 3.95. The van der Waals surface area contributed by atoms with E-state index in [1.165, 1.54) is 0 Å². The molecule has 6 heteroatoms. The second-order valence-corrected chi connectivity index (χ2v) is 2.89. The summed E-state index contributed by atoms with van der Waals surface area (Å²) in [6, 6.07) is 0.692. The first-order chi connectivity index (χ1) is 6.06. The first-order valence-electron chi connectivity index (χ1n) is 3.35. The molecule has 2 nitrogen and oxygen atoms in total. The van der Waals surface area contributed by atoms with Gasteiger partial charge in [0.2, 0.25) is 5.95 Å². The Hall–Kier alpha value is -0.780. The van der Waals surface area contributed by atoms with Crippen LogP contribution >= 0.6 is 15.9 Å². The molecule has 0 fully saturated rings. The van der Waals surface area contributed by atoms with Crippen molar-refractivity contribution in [3.8, 4) is 0 Å². The van der Waals surface area contributed by atoms with Crippen molar-refractivity contribution in [2.45, 2.75) is 11.8 Å². The number of nitrogen functional groups attached to an aromatic ring is 1. The van der Waals surface area contributed by atoms with Gasteiger partial charge < -0.3 is 5.73 Å². The lowest BCUT2D eigenvalue weighted by Gasteiger charge is -2.08. The Labute approximate surface area is 81.1 Å². The van der Waals surface area contributed by atoms with Crippen LogP contribution in [-0.2, 0) is 5.33 Å². The van der Waals surface area contributed by atoms with E-state index in [9.17, 15) is 13.2 Å². The van der Waals surface area contributed by atoms with Gasteiger partial charge >= 0.3 is 0 Å². The molecule has 0 amide bonds. The monoisotopic (exact) mass is 254 g/mol. The zero-order chi connectivity index (χ0) is 10.0. The summed E-state index contributed by atoms with van der Waals surface area (Å²) in [5.74, 6) is -1.19. The molecule has 0 saturated carbocycles. The molecule has 0 aliphatic carbocycles. The van der Waals surface area contributed by atoms with E-state index in [4.69, 9.17) is 5.73 Å². The fourth-order valence-corrected chi connectivity index (χ4v) is 1.53. The Morgan fingerprint density at radius 2 is 2.15 bits per heavy atom. The van der Waals surface area contributed by atoms with Gasteiger partial charge in [-0.2, -0.15) is 4.39 Å². The lowest BCUT2D eigenvalue weighted by Crippen LogP contribution is -2.03. The molecule has 0 aliphatic heterocycles. The number of aromatic nitrogens is 1. The van der Waals surface area contributed by atoms with E-state index in [-0.39, 0.29) is 16.7 Å². The molecule has 1 heterocycles. The molecule has 0 saturated heterocycles. The number of nitrogens with two attached hydrogens (primary N) is 1. The number of hydrogen-bond acceptors (Lipinski definition) is 2. The van der Waals surface area contributed by atoms with Crippen LogP contribution in [0.15, 0.2) is 6.07 Å². The van der Waals surface area contributed by atoms with Crippen LogP contribution in [0.2, 0.25) is 0 Å². The minimum atomic E-state index is -2.74. The summed E-state index contributed by atoms with van der Waals surface area (Å²) in [6.07, 6.45) is -2.74. The van der Waals surface area contributed by atoms with Crippen molar-refractivity contribution >= 4 is 21.7 Å². The number of rotatable bonds is 2. The third kappa shape index (κ3) is 2.12. The Balaban J connectivity index is 3.29. The summed E-state index contributed by atoms with van der Waals surface area (Å²) < 4.78 is 37.2. The molecule has 1 aromatic heterocycles. The van der Waals surface area contributed by atoms with Crippen LogP contribution in [0.4, 0.5) is 19.0 Å². The second-order valence-electron chi connectivity index (χ2n) is 2.33. The van der Waals surface area contributed by atoms with E-state index in [0.29, 0.717) is 6.07 Å². The molecule has 2 N–H and O–H groups in total. The summed E-state index contributed by atoms with van der Waals surface area (Å²) in [5.41, 5.74) is 4.98. The number of hydrogen-bond donors (Lipinski definition) is 1. The molecule has 0 radical (unpaired) electrons. The lowest BCUT2D eigenvalue weighted by molar-refractivity contribution is 0.150. The van der Waals surface area contributed by atoms with Crippen molar-refractivity contribution in [1.29, 1.82) is 0 Å². The Bertz CT molecular complexity index is 317. The average molecular weight is 255 g/mol. The SMILES string of the molecule is Nc1nc(F)cc(C(F)F)c1CBr. The minimum Gasteiger partial charge on any atom is -0.383 e. The minimum absolute atomic E-state index is 0.131. The first-order valence-corrected chi connectivity index (χ1v) is 4.47. The molecule has 1 rings (SSSR count). The summed E-state index contributed by atoms with van der Waals surface area (Å²) in [7, 11) is 0. The summed E-state index contributed by atoms with van der Waals surface area (Å²) in [6.45, 7) is 0. The zero-order valence-electron chi connectivity index (χ0n) is 6.40. The maximum absolute atomic E-state index is 12.6. The highest BCUT2D eigenvalue weighted by atomic mass is 79.9. The Kier molecular flexibility index (Phi) is 3.13. The zero-order valence-corrected chi connectivity index (χ0v) is 7.98. The lowest BCUT2D eigenvalue weighted by atomic mass is 10.1. The van der Waals surface area contributed by atoms with Crippen LogP contribution in [-0.4, -0.2) is 4.98 Å². The van der Waals surface area contributed by atoms with Gasteiger partial charge in [-0.3, -0.25) is 0 Å². The summed E-state index contributed by atoms with van der Waals surface area (Å²) in [5, 5.41) is 0.131. The van der Waals surface area contributed by atoms with Crippen LogP contribution in [0.5, 0.6) is 0 Å². The molecule has 0 bridgehead atoms. The number of nitrogens with zero attached hydrogens (tertiary/aromatic N) is 1. The fourth-order valence-electron chi connectivity index (χ4n) is 0.918. The maximum atomic E-state index is 12.6. The van der Waals surface area contributed by atoms with Crippen molar-refractivity contribution in [3.05, 3.63) is 23.1 Å². The van der Waals surface area contributed by atoms with E-state index in [2.05, 4.69) is 20.9 Å². The molecule has 0 unspecified atom stereocenters. The number of pyridine rings is 1. The van der Waals surface area contributed by atoms with Gasteiger partial charge in [0, 0.05) is 22.5 Å². The third-order valence-corrected chi connectivity index (χ3v) is 2.09. The van der Waals surface area contributed by atoms with Crippen LogP contribution < -0.4 is 5.73 Å². The van der Waals surface area contributed by atoms with Crippen molar-refractivity contribution in [2.24, 2.45) is 0 Å². The van der Waals surface area contributed by atoms with Gasteiger partial charge in [-0.25, -0.2) is 13.8 Å². The highest BCUT2D eigenvalue weighted by Crippen LogP contribution is 2.28. The van der Waals surface area contributed by atoms with Gasteiger partial charge in [-0.1, -0.05) is 15.9 Å². The average Bonchev–Trinajstić information content (AvgIpc) is 2.02. The predicted molar refractivity (Wildman–Crippen MR) is 46.2 cm³/mol. The van der Waals surface area contributed by atoms with Crippen molar-refractivity contribution in [1.82, 2.24) is 4.98 Å². The van der Waals surface area contributed by atoms with Crippen LogP contribution in [0, 0.1) is 5.95 Å². The molecule has 0 aromatic carbocycles. The summed E-state index contributed by atoms with van der Waals surface area (Å²) in [4.78, 5) is 3.24. The predicted octanol–water partition coefficient (Wildman–Crippen LogP) is 2.64. The Morgan fingerprint density at radius 3 is 2.62 bits per heavy atom. The molecule has 13 heavy (non-hydrogen) atoms. The summed E-state index contributed by atoms with van der Waals surface area (Å²) >= 11 is 2.98. The van der Waals surface area contributed by atoms with Crippen LogP contribution in [0.3, 0.4) is 0 Å². The van der Waals surface area contributed by atoms with Crippen molar-refractivity contribution < 1.29 is 13.2 Å². The molecule has 72 valence electrons. The van der Waals surface area contributed by atoms with Gasteiger partial charge in [0.15, 0.2) is 0 Å². The van der Waals surface area contributed by atoms with E-state index in [0.717, 1.165) is 0 Å². The Morgan fingerprint density at radius 1 is 1.54 bits per heavy atom. The molecular formula is C7H6BrF3N2.